The van der Waals surface area contributed by atoms with E-state index in [4.69, 9.17) is 0 Å². The highest BCUT2D eigenvalue weighted by Gasteiger charge is 2.33. The second-order valence-electron chi connectivity index (χ2n) is 7.94. The van der Waals surface area contributed by atoms with Crippen LogP contribution in [0.5, 0.6) is 0 Å². The lowest BCUT2D eigenvalue weighted by molar-refractivity contribution is -0.747. The van der Waals surface area contributed by atoms with Gasteiger partial charge in [0.25, 0.3) is 5.82 Å². The van der Waals surface area contributed by atoms with Gasteiger partial charge in [-0.25, -0.2) is 8.96 Å². The molecule has 0 aliphatic carbocycles. The minimum atomic E-state index is -0.196. The molecule has 0 atom stereocenters. The number of hydrogen-bond acceptors (Lipinski definition) is 0. The largest absolute Gasteiger partial charge is 0.297 e. The Morgan fingerprint density at radius 2 is 1.67 bits per heavy atom. The number of benzene rings is 2. The van der Waals surface area contributed by atoms with Gasteiger partial charge in [0.15, 0.2) is 0 Å². The molecule has 0 radical (unpaired) electrons. The molecule has 142 valence electrons. The molecule has 3 heteroatoms. The fraction of sp³-hybridized carbons (Fsp3) is 0.375. The van der Waals surface area contributed by atoms with Crippen molar-refractivity contribution in [3.05, 3.63) is 71.3 Å². The van der Waals surface area contributed by atoms with E-state index in [1.54, 1.807) is 6.07 Å². The Morgan fingerprint density at radius 1 is 1.04 bits per heavy atom. The molecule has 0 bridgehead atoms. The predicted molar refractivity (Wildman–Crippen MR) is 110 cm³/mol. The molecule has 3 aromatic rings. The van der Waals surface area contributed by atoms with Crippen molar-refractivity contribution in [2.24, 2.45) is 0 Å². The van der Waals surface area contributed by atoms with Gasteiger partial charge in [0.05, 0.1) is 0 Å². The van der Waals surface area contributed by atoms with Gasteiger partial charge in [-0.05, 0) is 69.4 Å². The highest BCUT2D eigenvalue weighted by molar-refractivity contribution is 5.60. The lowest BCUT2D eigenvalue weighted by Crippen LogP contribution is -2.52. The molecule has 0 saturated heterocycles. The number of hydrogen-bond donors (Lipinski definition) is 0. The van der Waals surface area contributed by atoms with Crippen LogP contribution in [0.1, 0.15) is 50.8 Å². The molecule has 0 unspecified atom stereocenters. The van der Waals surface area contributed by atoms with E-state index in [1.807, 2.05) is 12.1 Å². The van der Waals surface area contributed by atoms with Crippen molar-refractivity contribution in [3.8, 4) is 17.1 Å². The molecule has 0 aliphatic rings. The van der Waals surface area contributed by atoms with E-state index < -0.39 is 0 Å². The zero-order valence-electron chi connectivity index (χ0n) is 17.3. The third-order valence-corrected chi connectivity index (χ3v) is 5.65. The second-order valence-corrected chi connectivity index (χ2v) is 7.94. The summed E-state index contributed by atoms with van der Waals surface area (Å²) in [6, 6.07) is 11.5. The average molecular weight is 366 g/mol. The number of halogens is 1. The minimum Gasteiger partial charge on any atom is -0.225 e. The first-order chi connectivity index (χ1) is 12.8. The third-order valence-electron chi connectivity index (χ3n) is 5.65. The first-order valence-corrected chi connectivity index (χ1v) is 9.79. The fourth-order valence-corrected chi connectivity index (χ4v) is 3.76. The number of nitrogens with zero attached hydrogens (tertiary/aromatic N) is 2. The van der Waals surface area contributed by atoms with Crippen molar-refractivity contribution < 1.29 is 8.96 Å². The summed E-state index contributed by atoms with van der Waals surface area (Å²) in [5, 5.41) is 0. The zero-order chi connectivity index (χ0) is 19.8. The molecule has 0 saturated carbocycles. The second kappa shape index (κ2) is 7.30. The van der Waals surface area contributed by atoms with E-state index in [2.05, 4.69) is 75.2 Å². The van der Waals surface area contributed by atoms with E-state index in [0.717, 1.165) is 24.4 Å². The number of imidazole rings is 1. The molecule has 0 aliphatic heterocycles. The van der Waals surface area contributed by atoms with Crippen molar-refractivity contribution in [1.29, 1.82) is 0 Å². The monoisotopic (exact) mass is 365 g/mol. The van der Waals surface area contributed by atoms with Gasteiger partial charge < -0.3 is 0 Å². The normalized spacial score (nSPS) is 11.8. The Bertz CT molecular complexity index is 943. The van der Waals surface area contributed by atoms with Crippen molar-refractivity contribution >= 4 is 0 Å². The van der Waals surface area contributed by atoms with Crippen molar-refractivity contribution in [2.75, 3.05) is 0 Å². The first kappa shape index (κ1) is 19.3. The summed E-state index contributed by atoms with van der Waals surface area (Å²) in [4.78, 5) is 0. The molecule has 3 rings (SSSR count). The molecule has 1 heterocycles. The molecular formula is C24H30FN2+. The summed E-state index contributed by atoms with van der Waals surface area (Å²) in [7, 11) is 0. The lowest BCUT2D eigenvalue weighted by atomic mass is 10.00. The molecule has 0 fully saturated rings. The first-order valence-electron chi connectivity index (χ1n) is 9.79. The molecule has 27 heavy (non-hydrogen) atoms. The van der Waals surface area contributed by atoms with Crippen LogP contribution in [0, 0.1) is 19.7 Å². The molecular weight excluding hydrogens is 335 g/mol. The van der Waals surface area contributed by atoms with E-state index in [-0.39, 0.29) is 11.4 Å². The summed E-state index contributed by atoms with van der Waals surface area (Å²) in [5.41, 5.74) is 5.39. The minimum absolute atomic E-state index is 0.117. The number of aryl methyl sites for hydroxylation is 3. The van der Waals surface area contributed by atoms with Crippen LogP contribution in [0.25, 0.3) is 17.1 Å². The summed E-state index contributed by atoms with van der Waals surface area (Å²) >= 11 is 0. The van der Waals surface area contributed by atoms with Gasteiger partial charge >= 0.3 is 0 Å². The SMILES string of the molecule is CCc1cc(C)c(-n2cc[n+](C(C)(C)CC)c2-c2ccccc2F)c(C)c1. The van der Waals surface area contributed by atoms with Gasteiger partial charge in [0.2, 0.25) is 0 Å². The number of aromatic nitrogens is 2. The quantitative estimate of drug-likeness (QED) is 0.498. The highest BCUT2D eigenvalue weighted by Crippen LogP contribution is 2.30. The van der Waals surface area contributed by atoms with Crippen molar-refractivity contribution in [3.63, 3.8) is 0 Å². The van der Waals surface area contributed by atoms with Gasteiger partial charge in [-0.2, -0.15) is 4.57 Å². The van der Waals surface area contributed by atoms with Crippen LogP contribution in [0.4, 0.5) is 4.39 Å². The van der Waals surface area contributed by atoms with Gasteiger partial charge in [0, 0.05) is 0 Å². The van der Waals surface area contributed by atoms with Gasteiger partial charge in [0.1, 0.15) is 35.0 Å². The van der Waals surface area contributed by atoms with E-state index in [1.165, 1.54) is 22.8 Å². The Balaban J connectivity index is 2.35. The van der Waals surface area contributed by atoms with E-state index in [0.29, 0.717) is 5.56 Å². The topological polar surface area (TPSA) is 8.81 Å². The maximum absolute atomic E-state index is 14.8. The van der Waals surface area contributed by atoms with Crippen LogP contribution in [-0.2, 0) is 12.0 Å². The summed E-state index contributed by atoms with van der Waals surface area (Å²) in [5.74, 6) is 0.689. The third kappa shape index (κ3) is 3.43. The lowest BCUT2D eigenvalue weighted by Gasteiger charge is -2.22. The van der Waals surface area contributed by atoms with Crippen LogP contribution in [0.15, 0.2) is 48.8 Å². The highest BCUT2D eigenvalue weighted by atomic mass is 19.1. The standard InChI is InChI=1S/C24H30FN2/c1-7-19-15-17(3)22(18(4)16-19)26-13-14-27(24(5,6)8-2)23(26)20-11-9-10-12-21(20)25/h9-16H,7-8H2,1-6H3/q+1. The van der Waals surface area contributed by atoms with Crippen LogP contribution >= 0.6 is 0 Å². The molecule has 0 spiro atoms. The van der Waals surface area contributed by atoms with Crippen LogP contribution < -0.4 is 4.57 Å². The van der Waals surface area contributed by atoms with Gasteiger partial charge in [-0.15, -0.1) is 0 Å². The molecule has 1 aromatic heterocycles. The molecule has 0 N–H and O–H groups in total. The Labute approximate surface area is 162 Å². The molecule has 2 nitrogen and oxygen atoms in total. The zero-order valence-corrected chi connectivity index (χ0v) is 17.3. The Kier molecular flexibility index (Phi) is 5.23. The van der Waals surface area contributed by atoms with Crippen LogP contribution in [-0.4, -0.2) is 4.57 Å². The van der Waals surface area contributed by atoms with Crippen molar-refractivity contribution in [2.45, 2.75) is 59.9 Å². The predicted octanol–water partition coefficient (Wildman–Crippen LogP) is 5.90. The number of rotatable bonds is 5. The summed E-state index contributed by atoms with van der Waals surface area (Å²) in [6.07, 6.45) is 6.12. The van der Waals surface area contributed by atoms with Crippen LogP contribution in [0.3, 0.4) is 0 Å². The summed E-state index contributed by atoms with van der Waals surface area (Å²) in [6.45, 7) is 13.0. The van der Waals surface area contributed by atoms with E-state index >= 15 is 0 Å². The summed E-state index contributed by atoms with van der Waals surface area (Å²) < 4.78 is 19.2. The van der Waals surface area contributed by atoms with E-state index in [9.17, 15) is 4.39 Å². The Hall–Kier alpha value is -2.42. The van der Waals surface area contributed by atoms with Gasteiger partial charge in [-0.1, -0.05) is 38.1 Å². The molecule has 0 amide bonds. The molecule has 2 aromatic carbocycles. The average Bonchev–Trinajstić information content (AvgIpc) is 3.06. The van der Waals surface area contributed by atoms with Crippen LogP contribution in [0.2, 0.25) is 0 Å². The van der Waals surface area contributed by atoms with Gasteiger partial charge in [-0.3, -0.25) is 0 Å². The smallest absolute Gasteiger partial charge is 0.225 e. The fourth-order valence-electron chi connectivity index (χ4n) is 3.76. The maximum Gasteiger partial charge on any atom is 0.297 e. The van der Waals surface area contributed by atoms with Crippen molar-refractivity contribution in [1.82, 2.24) is 4.57 Å². The Morgan fingerprint density at radius 3 is 2.22 bits per heavy atom. The maximum atomic E-state index is 14.8.